The van der Waals surface area contributed by atoms with Crippen molar-refractivity contribution in [2.75, 3.05) is 39.2 Å². The van der Waals surface area contributed by atoms with Crippen LogP contribution >= 0.6 is 15.9 Å². The Kier molecular flexibility index (Phi) is 7.45. The molecule has 0 bridgehead atoms. The average Bonchev–Trinajstić information content (AvgIpc) is 2.59. The van der Waals surface area contributed by atoms with Crippen molar-refractivity contribution in [1.82, 2.24) is 14.9 Å². The molecule has 1 N–H and O–H groups in total. The lowest BCUT2D eigenvalue weighted by Crippen LogP contribution is -2.26. The second kappa shape index (κ2) is 9.60. The molecular formula is C17H23BrN4O. The van der Waals surface area contributed by atoms with Gasteiger partial charge in [-0.3, -0.25) is 0 Å². The van der Waals surface area contributed by atoms with Crippen LogP contribution in [0.15, 0.2) is 47.2 Å². The van der Waals surface area contributed by atoms with E-state index in [-0.39, 0.29) is 6.04 Å². The van der Waals surface area contributed by atoms with E-state index in [4.69, 9.17) is 4.74 Å². The molecule has 2 rings (SSSR count). The van der Waals surface area contributed by atoms with Crippen molar-refractivity contribution in [1.29, 1.82) is 0 Å². The van der Waals surface area contributed by atoms with Crippen LogP contribution in [-0.2, 0) is 4.74 Å². The summed E-state index contributed by atoms with van der Waals surface area (Å²) in [7, 11) is 3.84. The third-order valence-corrected chi connectivity index (χ3v) is 4.01. The maximum atomic E-state index is 5.13. The highest BCUT2D eigenvalue weighted by atomic mass is 79.9. The summed E-state index contributed by atoms with van der Waals surface area (Å²) in [6.45, 7) is 2.63. The van der Waals surface area contributed by atoms with Crippen LogP contribution in [0, 0.1) is 0 Å². The first-order chi connectivity index (χ1) is 11.2. The Hall–Kier alpha value is -1.50. The number of anilines is 1. The summed E-state index contributed by atoms with van der Waals surface area (Å²) in [5.74, 6) is 0.640. The summed E-state index contributed by atoms with van der Waals surface area (Å²) >= 11 is 3.36. The van der Waals surface area contributed by atoms with Gasteiger partial charge in [0.15, 0.2) is 0 Å². The highest BCUT2D eigenvalue weighted by molar-refractivity contribution is 9.10. The Morgan fingerprint density at radius 2 is 1.87 bits per heavy atom. The molecule has 0 radical (unpaired) electrons. The summed E-state index contributed by atoms with van der Waals surface area (Å²) in [5, 5.41) is 3.43. The lowest BCUT2D eigenvalue weighted by Gasteiger charge is -2.23. The van der Waals surface area contributed by atoms with E-state index < -0.39 is 0 Å². The van der Waals surface area contributed by atoms with Gasteiger partial charge in [-0.05, 0) is 35.0 Å². The first-order valence-electron chi connectivity index (χ1n) is 7.65. The number of hydrogen-bond acceptors (Lipinski definition) is 5. The molecule has 6 heteroatoms. The molecule has 0 aliphatic heterocycles. The first kappa shape index (κ1) is 17.8. The number of methoxy groups -OCH3 is 1. The SMILES string of the molecule is COCCN(C)CC[C@H](Nc1ncc(Br)cn1)c1ccccc1. The first-order valence-corrected chi connectivity index (χ1v) is 8.45. The lowest BCUT2D eigenvalue weighted by atomic mass is 10.0. The smallest absolute Gasteiger partial charge is 0.223 e. The molecule has 0 aliphatic carbocycles. The largest absolute Gasteiger partial charge is 0.383 e. The second-order valence-corrected chi connectivity index (χ2v) is 6.33. The maximum Gasteiger partial charge on any atom is 0.223 e. The van der Waals surface area contributed by atoms with Gasteiger partial charge in [0.2, 0.25) is 5.95 Å². The molecule has 0 aliphatic rings. The standard InChI is InChI=1S/C17H23BrN4O/c1-22(10-11-23-2)9-8-16(14-6-4-3-5-7-14)21-17-19-12-15(18)13-20-17/h3-7,12-13,16H,8-11H2,1-2H3,(H,19,20,21)/t16-/m0/s1. The van der Waals surface area contributed by atoms with Crippen LogP contribution < -0.4 is 5.32 Å². The normalized spacial score (nSPS) is 12.3. The van der Waals surface area contributed by atoms with Gasteiger partial charge in [0, 0.05) is 32.6 Å². The van der Waals surface area contributed by atoms with Crippen molar-refractivity contribution in [3.05, 3.63) is 52.8 Å². The van der Waals surface area contributed by atoms with Gasteiger partial charge < -0.3 is 15.0 Å². The molecule has 0 saturated heterocycles. The summed E-state index contributed by atoms with van der Waals surface area (Å²) in [4.78, 5) is 10.9. The van der Waals surface area contributed by atoms with Gasteiger partial charge >= 0.3 is 0 Å². The van der Waals surface area contributed by atoms with Crippen molar-refractivity contribution in [2.24, 2.45) is 0 Å². The number of ether oxygens (including phenoxy) is 1. The van der Waals surface area contributed by atoms with Crippen molar-refractivity contribution < 1.29 is 4.74 Å². The molecule has 0 spiro atoms. The summed E-state index contributed by atoms with van der Waals surface area (Å²) < 4.78 is 6.00. The zero-order valence-electron chi connectivity index (χ0n) is 13.6. The number of rotatable bonds is 9. The number of nitrogens with one attached hydrogen (secondary N) is 1. The topological polar surface area (TPSA) is 50.3 Å². The van der Waals surface area contributed by atoms with Gasteiger partial charge in [0.25, 0.3) is 0 Å². The van der Waals surface area contributed by atoms with Crippen LogP contribution in [0.25, 0.3) is 0 Å². The Labute approximate surface area is 146 Å². The minimum absolute atomic E-state index is 0.169. The van der Waals surface area contributed by atoms with E-state index in [2.05, 4.69) is 67.4 Å². The Bertz CT molecular complexity index is 565. The van der Waals surface area contributed by atoms with Gasteiger partial charge in [-0.25, -0.2) is 9.97 Å². The molecule has 0 amide bonds. The van der Waals surface area contributed by atoms with E-state index in [0.29, 0.717) is 5.95 Å². The number of halogens is 1. The minimum atomic E-state index is 0.169. The molecule has 0 unspecified atom stereocenters. The van der Waals surface area contributed by atoms with Crippen molar-refractivity contribution in [2.45, 2.75) is 12.5 Å². The number of benzene rings is 1. The fourth-order valence-corrected chi connectivity index (χ4v) is 2.46. The Balaban J connectivity index is 2.02. The molecule has 23 heavy (non-hydrogen) atoms. The molecule has 0 fully saturated rings. The molecule has 2 aromatic rings. The molecular weight excluding hydrogens is 356 g/mol. The summed E-state index contributed by atoms with van der Waals surface area (Å²) in [6, 6.07) is 10.6. The molecule has 1 aromatic heterocycles. The summed E-state index contributed by atoms with van der Waals surface area (Å²) in [6.07, 6.45) is 4.47. The Morgan fingerprint density at radius 3 is 2.52 bits per heavy atom. The van der Waals surface area contributed by atoms with E-state index in [9.17, 15) is 0 Å². The predicted octanol–water partition coefficient (Wildman–Crippen LogP) is 3.36. The monoisotopic (exact) mass is 378 g/mol. The third-order valence-electron chi connectivity index (χ3n) is 3.60. The van der Waals surface area contributed by atoms with E-state index in [1.165, 1.54) is 5.56 Å². The van der Waals surface area contributed by atoms with Crippen LogP contribution in [0.2, 0.25) is 0 Å². The Morgan fingerprint density at radius 1 is 1.17 bits per heavy atom. The van der Waals surface area contributed by atoms with Gasteiger partial charge in [0.05, 0.1) is 17.1 Å². The third kappa shape index (κ3) is 6.25. The molecule has 1 aromatic carbocycles. The van der Waals surface area contributed by atoms with Crippen LogP contribution in [0.4, 0.5) is 5.95 Å². The number of nitrogens with zero attached hydrogens (tertiary/aromatic N) is 3. The molecule has 0 saturated carbocycles. The highest BCUT2D eigenvalue weighted by Gasteiger charge is 2.13. The van der Waals surface area contributed by atoms with Gasteiger partial charge in [-0.2, -0.15) is 0 Å². The zero-order chi connectivity index (χ0) is 16.5. The van der Waals surface area contributed by atoms with Crippen LogP contribution in [-0.4, -0.2) is 48.7 Å². The van der Waals surface area contributed by atoms with Gasteiger partial charge in [0.1, 0.15) is 0 Å². The lowest BCUT2D eigenvalue weighted by molar-refractivity contribution is 0.160. The van der Waals surface area contributed by atoms with E-state index in [0.717, 1.165) is 30.6 Å². The fraction of sp³-hybridized carbons (Fsp3) is 0.412. The minimum Gasteiger partial charge on any atom is -0.383 e. The quantitative estimate of drug-likeness (QED) is 0.724. The predicted molar refractivity (Wildman–Crippen MR) is 96.5 cm³/mol. The van der Waals surface area contributed by atoms with E-state index in [1.807, 2.05) is 6.07 Å². The van der Waals surface area contributed by atoms with Crippen LogP contribution in [0.5, 0.6) is 0 Å². The van der Waals surface area contributed by atoms with Gasteiger partial charge in [-0.15, -0.1) is 0 Å². The van der Waals surface area contributed by atoms with Crippen molar-refractivity contribution in [3.63, 3.8) is 0 Å². The molecule has 5 nitrogen and oxygen atoms in total. The molecule has 124 valence electrons. The van der Waals surface area contributed by atoms with Crippen molar-refractivity contribution in [3.8, 4) is 0 Å². The van der Waals surface area contributed by atoms with Crippen LogP contribution in [0.3, 0.4) is 0 Å². The second-order valence-electron chi connectivity index (χ2n) is 5.42. The van der Waals surface area contributed by atoms with Crippen LogP contribution in [0.1, 0.15) is 18.0 Å². The highest BCUT2D eigenvalue weighted by Crippen LogP contribution is 2.21. The van der Waals surface area contributed by atoms with Gasteiger partial charge in [-0.1, -0.05) is 30.3 Å². The summed E-state index contributed by atoms with van der Waals surface area (Å²) in [5.41, 5.74) is 1.24. The zero-order valence-corrected chi connectivity index (χ0v) is 15.2. The number of likely N-dealkylation sites (N-methyl/N-ethyl adjacent to an activating group) is 1. The molecule has 1 heterocycles. The molecule has 1 atom stereocenters. The van der Waals surface area contributed by atoms with E-state index in [1.54, 1.807) is 19.5 Å². The van der Waals surface area contributed by atoms with E-state index >= 15 is 0 Å². The van der Waals surface area contributed by atoms with Crippen molar-refractivity contribution >= 4 is 21.9 Å². The number of aromatic nitrogens is 2. The number of hydrogen-bond donors (Lipinski definition) is 1. The fourth-order valence-electron chi connectivity index (χ4n) is 2.26. The average molecular weight is 379 g/mol. The maximum absolute atomic E-state index is 5.13.